The van der Waals surface area contributed by atoms with Crippen LogP contribution in [0.4, 0.5) is 16.9 Å². The van der Waals surface area contributed by atoms with Crippen molar-refractivity contribution in [2.24, 2.45) is 5.16 Å². The molecule has 7 N–H and O–H groups in total. The van der Waals surface area contributed by atoms with E-state index in [1.54, 1.807) is 11.5 Å². The van der Waals surface area contributed by atoms with Crippen LogP contribution in [0, 0.1) is 0 Å². The first-order valence-corrected chi connectivity index (χ1v) is 13.0. The molecule has 1 fully saturated rings. The van der Waals surface area contributed by atoms with Gasteiger partial charge >= 0.3 is 5.95 Å². The lowest BCUT2D eigenvalue weighted by Crippen LogP contribution is -2.81. The SMILES string of the molecule is CC[n+]1c(C2=C(C(=O)[O-])N3C(=O)C(C=S)(NC(=O)/C(=N\OC)c4csc(N)n4)[C@@H]3SC2)cc(N)nc1N. The van der Waals surface area contributed by atoms with Crippen LogP contribution in [-0.2, 0) is 25.8 Å². The molecular formula is C20H21N9O5S3. The Morgan fingerprint density at radius 3 is 2.73 bits per heavy atom. The Balaban J connectivity index is 1.74. The topological polar surface area (TPSA) is 219 Å². The molecule has 0 radical (unpaired) electrons. The van der Waals surface area contributed by atoms with Crippen LogP contribution in [0.3, 0.4) is 0 Å². The van der Waals surface area contributed by atoms with E-state index in [9.17, 15) is 19.5 Å². The zero-order valence-electron chi connectivity index (χ0n) is 19.5. The highest BCUT2D eigenvalue weighted by atomic mass is 32.2. The minimum atomic E-state index is -1.71. The molecule has 2 aliphatic rings. The standard InChI is InChI=1S/C20H21N9O5S3/c1-3-28-10(4-11(21)25-18(28)22)8-5-36-17-20(7-35,16(33)29(17)13(8)15(31)32)26-14(30)12(27-34-2)9-6-37-19(23)24-9/h4,6-7,17H,3,5H2,1-2H3,(H7,21,22,23,24,25,26,30,31,32)/b27-12-/t17-,20?/m0/s1. The van der Waals surface area contributed by atoms with Gasteiger partial charge in [0.05, 0.1) is 18.2 Å². The van der Waals surface area contributed by atoms with Gasteiger partial charge in [0.1, 0.15) is 23.9 Å². The Kier molecular flexibility index (Phi) is 7.03. The summed E-state index contributed by atoms with van der Waals surface area (Å²) in [5, 5.41) is 20.5. The number of carbonyl (C=O) groups is 3. The number of thiocarbonyl (C=S) groups is 1. The summed E-state index contributed by atoms with van der Waals surface area (Å²) in [7, 11) is 1.24. The second kappa shape index (κ2) is 9.91. The van der Waals surface area contributed by atoms with E-state index in [1.807, 2.05) is 0 Å². The molecule has 2 amide bonds. The van der Waals surface area contributed by atoms with Crippen molar-refractivity contribution in [1.82, 2.24) is 20.2 Å². The Labute approximate surface area is 223 Å². The largest absolute Gasteiger partial charge is 0.543 e. The maximum absolute atomic E-state index is 13.5. The van der Waals surface area contributed by atoms with Crippen molar-refractivity contribution < 1.29 is 28.9 Å². The molecule has 2 atom stereocenters. The van der Waals surface area contributed by atoms with Crippen molar-refractivity contribution >= 4 is 86.7 Å². The maximum Gasteiger partial charge on any atom is 0.391 e. The minimum Gasteiger partial charge on any atom is -0.543 e. The van der Waals surface area contributed by atoms with E-state index in [0.717, 1.165) is 21.6 Å². The molecule has 0 bridgehead atoms. The molecule has 1 saturated heterocycles. The quantitative estimate of drug-likeness (QED) is 0.0890. The van der Waals surface area contributed by atoms with E-state index in [-0.39, 0.29) is 45.3 Å². The summed E-state index contributed by atoms with van der Waals surface area (Å²) in [5.41, 5.74) is 16.0. The van der Waals surface area contributed by atoms with Crippen molar-refractivity contribution in [1.29, 1.82) is 0 Å². The van der Waals surface area contributed by atoms with Crippen LogP contribution in [0.1, 0.15) is 18.3 Å². The van der Waals surface area contributed by atoms with E-state index < -0.39 is 28.7 Å². The summed E-state index contributed by atoms with van der Waals surface area (Å²) in [5.74, 6) is -2.89. The predicted molar refractivity (Wildman–Crippen MR) is 139 cm³/mol. The molecule has 0 aromatic carbocycles. The van der Waals surface area contributed by atoms with E-state index in [0.29, 0.717) is 12.2 Å². The lowest BCUT2D eigenvalue weighted by atomic mass is 9.87. The molecular weight excluding hydrogens is 542 g/mol. The van der Waals surface area contributed by atoms with Gasteiger partial charge in [0.15, 0.2) is 16.4 Å². The molecule has 1 unspecified atom stereocenters. The van der Waals surface area contributed by atoms with Crippen LogP contribution in [0.5, 0.6) is 0 Å². The number of thiazole rings is 1. The summed E-state index contributed by atoms with van der Waals surface area (Å²) in [6.45, 7) is 2.16. The molecule has 2 aromatic rings. The molecule has 0 saturated carbocycles. The van der Waals surface area contributed by atoms with Crippen molar-refractivity contribution in [2.45, 2.75) is 24.4 Å². The molecule has 2 aromatic heterocycles. The number of anilines is 3. The lowest BCUT2D eigenvalue weighted by molar-refractivity contribution is -0.683. The zero-order chi connectivity index (χ0) is 27.1. The van der Waals surface area contributed by atoms with Crippen molar-refractivity contribution in [2.75, 3.05) is 30.1 Å². The number of aromatic nitrogens is 3. The maximum atomic E-state index is 13.5. The van der Waals surface area contributed by atoms with E-state index in [2.05, 4.69) is 20.4 Å². The fraction of sp³-hybridized carbons (Fsp3) is 0.300. The van der Waals surface area contributed by atoms with Gasteiger partial charge < -0.3 is 31.5 Å². The van der Waals surface area contributed by atoms with Gasteiger partial charge in [-0.2, -0.15) is 0 Å². The number of thioether (sulfide) groups is 1. The predicted octanol–water partition coefficient (Wildman–Crippen LogP) is -2.13. The molecule has 0 spiro atoms. The average molecular weight is 564 g/mol. The number of carboxylic acids is 1. The first-order valence-electron chi connectivity index (χ1n) is 10.6. The van der Waals surface area contributed by atoms with Crippen LogP contribution >= 0.6 is 35.3 Å². The fourth-order valence-corrected chi connectivity index (χ4v) is 6.48. The third kappa shape index (κ3) is 4.23. The van der Waals surface area contributed by atoms with E-state index in [4.69, 9.17) is 34.3 Å². The number of rotatable bonds is 8. The van der Waals surface area contributed by atoms with E-state index in [1.165, 1.54) is 30.3 Å². The molecule has 0 aliphatic carbocycles. The van der Waals surface area contributed by atoms with Gasteiger partial charge in [-0.1, -0.05) is 22.4 Å². The summed E-state index contributed by atoms with van der Waals surface area (Å²) in [4.78, 5) is 52.8. The average Bonchev–Trinajstić information content (AvgIpc) is 3.29. The fourth-order valence-electron chi connectivity index (χ4n) is 4.11. The van der Waals surface area contributed by atoms with Crippen molar-refractivity contribution in [3.8, 4) is 0 Å². The minimum absolute atomic E-state index is 0.0811. The molecule has 17 heteroatoms. The highest BCUT2D eigenvalue weighted by Crippen LogP contribution is 2.47. The number of hydrogen-bond donors (Lipinski definition) is 4. The summed E-state index contributed by atoms with van der Waals surface area (Å²) in [6, 6.07) is 1.48. The van der Waals surface area contributed by atoms with Gasteiger partial charge in [-0.3, -0.25) is 20.2 Å². The highest BCUT2D eigenvalue weighted by Gasteiger charge is 2.64. The molecule has 4 rings (SSSR count). The van der Waals surface area contributed by atoms with Crippen molar-refractivity contribution in [3.63, 3.8) is 0 Å². The first kappa shape index (κ1) is 26.2. The second-order valence-corrected chi connectivity index (χ2v) is 9.95. The number of nitrogens with zero attached hydrogens (tertiary/aromatic N) is 5. The summed E-state index contributed by atoms with van der Waals surface area (Å²) >= 11 is 7.42. The number of nitrogens with two attached hydrogens (primary N) is 3. The number of carboxylic acid groups (broad SMARTS) is 1. The number of aliphatic carboxylic acids is 1. The summed E-state index contributed by atoms with van der Waals surface area (Å²) in [6.07, 6.45) is 0. The molecule has 194 valence electrons. The van der Waals surface area contributed by atoms with Crippen LogP contribution in [0.2, 0.25) is 0 Å². The van der Waals surface area contributed by atoms with Crippen LogP contribution in [0.25, 0.3) is 5.57 Å². The summed E-state index contributed by atoms with van der Waals surface area (Å²) < 4.78 is 1.57. The number of carbonyl (C=O) groups excluding carboxylic acids is 3. The van der Waals surface area contributed by atoms with Crippen molar-refractivity contribution in [3.05, 3.63) is 28.5 Å². The third-order valence-corrected chi connectivity index (χ3v) is 8.09. The first-order chi connectivity index (χ1) is 17.6. The number of hydrogen-bond acceptors (Lipinski definition) is 14. The van der Waals surface area contributed by atoms with Gasteiger partial charge in [0.25, 0.3) is 11.8 Å². The number of nitrogens with one attached hydrogen (secondary N) is 1. The van der Waals surface area contributed by atoms with Crippen LogP contribution < -0.4 is 32.2 Å². The molecule has 14 nitrogen and oxygen atoms in total. The number of fused-ring (bicyclic) bond motifs is 1. The lowest BCUT2D eigenvalue weighted by Gasteiger charge is -2.56. The number of nitrogen functional groups attached to an aromatic ring is 3. The Morgan fingerprint density at radius 2 is 2.16 bits per heavy atom. The number of amides is 2. The second-order valence-electron chi connectivity index (χ2n) is 7.76. The monoisotopic (exact) mass is 563 g/mol. The van der Waals surface area contributed by atoms with Gasteiger partial charge in [-0.05, 0) is 6.92 Å². The Hall–Kier alpha value is -3.83. The zero-order valence-corrected chi connectivity index (χ0v) is 21.9. The smallest absolute Gasteiger partial charge is 0.391 e. The normalized spacial score (nSPS) is 21.2. The van der Waals surface area contributed by atoms with Gasteiger partial charge in [0, 0.05) is 28.1 Å². The molecule has 37 heavy (non-hydrogen) atoms. The highest BCUT2D eigenvalue weighted by molar-refractivity contribution is 8.00. The van der Waals surface area contributed by atoms with Gasteiger partial charge in [-0.25, -0.2) is 9.55 Å². The van der Waals surface area contributed by atoms with Gasteiger partial charge in [-0.15, -0.1) is 23.1 Å². The number of oxime groups is 1. The molecule has 4 heterocycles. The molecule has 2 aliphatic heterocycles. The Bertz CT molecular complexity index is 1390. The van der Waals surface area contributed by atoms with Crippen LogP contribution in [-0.4, -0.2) is 67.5 Å². The number of β-lactam (4-membered cyclic amide) rings is 1. The Morgan fingerprint density at radius 1 is 1.43 bits per heavy atom. The van der Waals surface area contributed by atoms with Gasteiger partial charge in [0.2, 0.25) is 5.82 Å². The third-order valence-electron chi connectivity index (χ3n) is 5.69. The van der Waals surface area contributed by atoms with E-state index >= 15 is 0 Å². The van der Waals surface area contributed by atoms with Crippen LogP contribution in [0.15, 0.2) is 22.3 Å².